The molecule has 7 N–H and O–H groups in total. The molecule has 0 amide bonds. The van der Waals surface area contributed by atoms with E-state index in [9.17, 15) is 53.8 Å². The molecule has 1 saturated carbocycles. The van der Waals surface area contributed by atoms with E-state index >= 15 is 0 Å². The van der Waals surface area contributed by atoms with E-state index in [1.54, 1.807) is 0 Å². The molecule has 0 spiro atoms. The molecule has 0 aromatic heterocycles. The predicted octanol–water partition coefficient (Wildman–Crippen LogP) is 9.61. The number of hydrogen-bond acceptors (Lipinski definition) is 14. The zero-order valence-electron chi connectivity index (χ0n) is 41.9. The highest BCUT2D eigenvalue weighted by atomic mass is 31.2. The van der Waals surface area contributed by atoms with Gasteiger partial charge in [-0.3, -0.25) is 23.2 Å². The van der Waals surface area contributed by atoms with E-state index in [2.05, 4.69) is 79.1 Å². The first-order valence-corrected chi connectivity index (χ1v) is 29.0. The Hall–Kier alpha value is -2.34. The van der Waals surface area contributed by atoms with Crippen LogP contribution in [-0.2, 0) is 46.5 Å². The van der Waals surface area contributed by atoms with E-state index < -0.39 is 83.5 Å². The van der Waals surface area contributed by atoms with Crippen molar-refractivity contribution in [2.24, 2.45) is 0 Å². The number of unbranched alkanes of at least 4 members (excludes halogenated alkanes) is 15. The summed E-state index contributed by atoms with van der Waals surface area (Å²) in [4.78, 5) is 54.6. The number of rotatable bonds is 42. The molecule has 1 aliphatic heterocycles. The van der Waals surface area contributed by atoms with E-state index in [0.29, 0.717) is 19.3 Å². The molecule has 0 radical (unpaired) electrons. The van der Waals surface area contributed by atoms with E-state index in [-0.39, 0.29) is 25.0 Å². The number of allylic oxidation sites excluding steroid dienone is 9. The molecule has 70 heavy (non-hydrogen) atoms. The Morgan fingerprint density at radius 1 is 0.529 bits per heavy atom. The molecule has 19 heteroatoms. The van der Waals surface area contributed by atoms with Crippen LogP contribution < -0.4 is 0 Å². The van der Waals surface area contributed by atoms with Crippen LogP contribution in [0.4, 0.5) is 0 Å². The third-order valence-electron chi connectivity index (χ3n) is 12.0. The lowest BCUT2D eigenvalue weighted by molar-refractivity contribution is -0.216. The number of phosphoric acid groups is 2. The number of phosphoric ester groups is 2. The third kappa shape index (κ3) is 31.3. The van der Waals surface area contributed by atoms with Crippen LogP contribution in [-0.4, -0.2) is 115 Å². The Labute approximate surface area is 417 Å². The van der Waals surface area contributed by atoms with E-state index in [1.807, 2.05) is 0 Å². The second-order valence-corrected chi connectivity index (χ2v) is 20.9. The smallest absolute Gasteiger partial charge is 0.462 e. The first kappa shape index (κ1) is 63.8. The molecular formula is C51H88O17P2. The molecule has 1 saturated heterocycles. The quantitative estimate of drug-likeness (QED) is 0.00986. The number of carbonyl (C=O) groups excluding carboxylic acids is 2. The van der Waals surface area contributed by atoms with Crippen molar-refractivity contribution >= 4 is 27.6 Å². The van der Waals surface area contributed by atoms with E-state index in [0.717, 1.165) is 64.2 Å². The van der Waals surface area contributed by atoms with Gasteiger partial charge in [0.25, 0.3) is 0 Å². The fourth-order valence-electron chi connectivity index (χ4n) is 7.85. The SMILES string of the molecule is CCCCC/C=C\C/C=C\C/C=C\CC1OC1CCCC(=O)O[C@H](COC(=O)CCCCCCCCCCC/C=C\C/C=C\CCCCC)COP(=O)(O)O[C@H]1C(O)C(O)C(O)[C@@H](OP(=O)(O)O)C1O. The van der Waals surface area contributed by atoms with Gasteiger partial charge < -0.3 is 49.3 Å². The summed E-state index contributed by atoms with van der Waals surface area (Å²) in [5, 5.41) is 41.4. The summed E-state index contributed by atoms with van der Waals surface area (Å²) in [6, 6.07) is 0. The number of aliphatic hydroxyl groups is 4. The Morgan fingerprint density at radius 3 is 1.54 bits per heavy atom. The largest absolute Gasteiger partial charge is 0.472 e. The lowest BCUT2D eigenvalue weighted by Crippen LogP contribution is -2.64. The molecule has 2 rings (SSSR count). The van der Waals surface area contributed by atoms with Crippen LogP contribution in [0.5, 0.6) is 0 Å². The Bertz CT molecular complexity index is 1650. The molecule has 2 fully saturated rings. The zero-order valence-corrected chi connectivity index (χ0v) is 43.7. The number of epoxide rings is 1. The van der Waals surface area contributed by atoms with Gasteiger partial charge in [0.2, 0.25) is 0 Å². The highest BCUT2D eigenvalue weighted by Crippen LogP contribution is 2.49. The summed E-state index contributed by atoms with van der Waals surface area (Å²) in [6.07, 6.45) is 31.7. The van der Waals surface area contributed by atoms with Crippen LogP contribution in [0.3, 0.4) is 0 Å². The maximum Gasteiger partial charge on any atom is 0.472 e. The maximum absolute atomic E-state index is 13.0. The number of esters is 2. The highest BCUT2D eigenvalue weighted by Gasteiger charge is 2.54. The second kappa shape index (κ2) is 38.3. The fourth-order valence-corrected chi connectivity index (χ4v) is 9.39. The van der Waals surface area contributed by atoms with Gasteiger partial charge in [0.05, 0.1) is 18.8 Å². The van der Waals surface area contributed by atoms with Gasteiger partial charge in [-0.2, -0.15) is 0 Å². The summed E-state index contributed by atoms with van der Waals surface area (Å²) in [5.74, 6) is -1.29. The topological polar surface area (TPSA) is 269 Å². The molecule has 1 heterocycles. The molecule has 7 unspecified atom stereocenters. The summed E-state index contributed by atoms with van der Waals surface area (Å²) in [7, 11) is -10.7. The molecular weight excluding hydrogens is 946 g/mol. The van der Waals surface area contributed by atoms with Crippen LogP contribution in [0.25, 0.3) is 0 Å². The zero-order chi connectivity index (χ0) is 51.5. The molecule has 1 aliphatic carbocycles. The van der Waals surface area contributed by atoms with Crippen LogP contribution >= 0.6 is 15.6 Å². The summed E-state index contributed by atoms with van der Waals surface area (Å²) in [5.41, 5.74) is 0. The minimum atomic E-state index is -5.38. The van der Waals surface area contributed by atoms with Gasteiger partial charge in [-0.15, -0.1) is 0 Å². The first-order valence-electron chi connectivity index (χ1n) is 26.0. The highest BCUT2D eigenvalue weighted by molar-refractivity contribution is 7.47. The lowest BCUT2D eigenvalue weighted by Gasteiger charge is -2.43. The Morgan fingerprint density at radius 2 is 1.00 bits per heavy atom. The molecule has 0 bridgehead atoms. The molecule has 404 valence electrons. The second-order valence-electron chi connectivity index (χ2n) is 18.3. The fraction of sp³-hybridized carbons (Fsp3) is 0.765. The minimum Gasteiger partial charge on any atom is -0.462 e. The molecule has 0 aromatic carbocycles. The Balaban J connectivity index is 1.79. The van der Waals surface area contributed by atoms with Gasteiger partial charge in [-0.05, 0) is 83.5 Å². The predicted molar refractivity (Wildman–Crippen MR) is 268 cm³/mol. The molecule has 2 aliphatic rings. The number of carbonyl (C=O) groups is 2. The third-order valence-corrected chi connectivity index (χ3v) is 13.5. The van der Waals surface area contributed by atoms with Crippen molar-refractivity contribution in [3.63, 3.8) is 0 Å². The molecule has 17 nitrogen and oxygen atoms in total. The standard InChI is InChI=1S/C51H88O17P2/c1-3-5-7-9-11-13-15-17-18-19-20-21-22-23-25-27-29-31-33-37-44(52)63-39-41(40-64-70(61,62)68-51-48(56)46(54)47(55)50(49(51)57)67-69(58,59)60)65-45(53)38-34-36-43-42(66-43)35-32-30-28-26-24-16-14-12-10-8-6-4-2/h11-14,17-18,24,26,30,32,41-43,46-51,54-57H,3-10,15-16,19-23,25,27-29,31,33-40H2,1-2H3,(H,61,62)(H2,58,59,60)/b13-11-,14-12-,18-17-,26-24-,32-30-/t41-,42?,43?,46?,47?,48?,49?,50-,51+/m1/s1. The van der Waals surface area contributed by atoms with Crippen molar-refractivity contribution in [1.29, 1.82) is 0 Å². The summed E-state index contributed by atoms with van der Waals surface area (Å²) >= 11 is 0. The van der Waals surface area contributed by atoms with Crippen molar-refractivity contribution in [2.45, 2.75) is 236 Å². The minimum absolute atomic E-state index is 0.0135. The van der Waals surface area contributed by atoms with Crippen LogP contribution in [0.2, 0.25) is 0 Å². The van der Waals surface area contributed by atoms with Crippen molar-refractivity contribution in [3.05, 3.63) is 60.8 Å². The normalized spacial score (nSPS) is 24.4. The van der Waals surface area contributed by atoms with Crippen molar-refractivity contribution in [1.82, 2.24) is 0 Å². The first-order chi connectivity index (χ1) is 33.6. The summed E-state index contributed by atoms with van der Waals surface area (Å²) < 4.78 is 55.3. The monoisotopic (exact) mass is 1030 g/mol. The number of aliphatic hydroxyl groups excluding tert-OH is 4. The van der Waals surface area contributed by atoms with Gasteiger partial charge in [0.1, 0.15) is 43.2 Å². The van der Waals surface area contributed by atoms with Gasteiger partial charge in [-0.25, -0.2) is 9.13 Å². The van der Waals surface area contributed by atoms with Gasteiger partial charge in [0.15, 0.2) is 6.10 Å². The van der Waals surface area contributed by atoms with Crippen molar-refractivity contribution in [3.8, 4) is 0 Å². The van der Waals surface area contributed by atoms with Crippen molar-refractivity contribution < 1.29 is 81.6 Å². The maximum atomic E-state index is 13.0. The van der Waals surface area contributed by atoms with Crippen LogP contribution in [0.15, 0.2) is 60.8 Å². The van der Waals surface area contributed by atoms with Gasteiger partial charge >= 0.3 is 27.6 Å². The van der Waals surface area contributed by atoms with Gasteiger partial charge in [-0.1, -0.05) is 145 Å². The molecule has 10 atom stereocenters. The molecule has 0 aromatic rings. The van der Waals surface area contributed by atoms with Crippen LogP contribution in [0.1, 0.15) is 181 Å². The van der Waals surface area contributed by atoms with E-state index in [4.69, 9.17) is 23.3 Å². The lowest BCUT2D eigenvalue weighted by atomic mass is 9.85. The average Bonchev–Trinajstić information content (AvgIpc) is 4.07. The van der Waals surface area contributed by atoms with E-state index in [1.165, 1.54) is 70.6 Å². The summed E-state index contributed by atoms with van der Waals surface area (Å²) in [6.45, 7) is 3.01. The van der Waals surface area contributed by atoms with Gasteiger partial charge in [0, 0.05) is 12.8 Å². The number of ether oxygens (including phenoxy) is 3. The Kier molecular flexibility index (Phi) is 34.9. The average molecular weight is 1040 g/mol. The van der Waals surface area contributed by atoms with Crippen LogP contribution in [0, 0.1) is 0 Å². The van der Waals surface area contributed by atoms with Crippen molar-refractivity contribution in [2.75, 3.05) is 13.2 Å². The number of hydrogen-bond donors (Lipinski definition) is 7.